The molecule has 0 saturated carbocycles. The lowest BCUT2D eigenvalue weighted by Gasteiger charge is -2.08. The number of Topliss-reactive ketones (excluding diaryl/α,β-unsaturated/α-hetero) is 1. The molecule has 0 N–H and O–H groups in total. The van der Waals surface area contributed by atoms with E-state index in [1.54, 1.807) is 42.7 Å². The van der Waals surface area contributed by atoms with E-state index in [2.05, 4.69) is 4.98 Å². The van der Waals surface area contributed by atoms with Gasteiger partial charge in [-0.25, -0.2) is 0 Å². The number of benzene rings is 2. The Morgan fingerprint density at radius 3 is 1.96 bits per heavy atom. The minimum Gasteiger partial charge on any atom is -0.294 e. The molecule has 0 radical (unpaired) electrons. The van der Waals surface area contributed by atoms with Crippen molar-refractivity contribution in [1.82, 2.24) is 4.98 Å². The Kier molecular flexibility index (Phi) is 5.27. The molecular weight excluding hydrogens is 310 g/mol. The topological polar surface area (TPSA) is 47.0 Å². The first-order valence-electron chi connectivity index (χ1n) is 8.02. The fourth-order valence-corrected chi connectivity index (χ4v) is 2.54. The Morgan fingerprint density at radius 1 is 0.760 bits per heavy atom. The standard InChI is InChI=1S/C22H17NO2/c24-21(18-10-5-2-6-11-18)14-20(17-8-3-1-4-9-17)15-22(25)19-12-7-13-23-16-19/h1-14,16H,15H2/b20-14+. The third-order valence-electron chi connectivity index (χ3n) is 3.84. The number of hydrogen-bond acceptors (Lipinski definition) is 3. The molecule has 0 fully saturated rings. The van der Waals surface area contributed by atoms with E-state index >= 15 is 0 Å². The number of rotatable bonds is 6. The van der Waals surface area contributed by atoms with Crippen molar-refractivity contribution < 1.29 is 9.59 Å². The Labute approximate surface area is 146 Å². The predicted molar refractivity (Wildman–Crippen MR) is 98.4 cm³/mol. The molecule has 122 valence electrons. The molecule has 3 rings (SSSR count). The zero-order valence-electron chi connectivity index (χ0n) is 13.6. The normalized spacial score (nSPS) is 11.1. The Bertz CT molecular complexity index is 885. The van der Waals surface area contributed by atoms with Crippen LogP contribution in [0.15, 0.2) is 91.3 Å². The number of carbonyl (C=O) groups is 2. The molecule has 3 heteroatoms. The van der Waals surface area contributed by atoms with Gasteiger partial charge in [0.25, 0.3) is 0 Å². The monoisotopic (exact) mass is 327 g/mol. The van der Waals surface area contributed by atoms with Gasteiger partial charge >= 0.3 is 0 Å². The fourth-order valence-electron chi connectivity index (χ4n) is 2.54. The van der Waals surface area contributed by atoms with Gasteiger partial charge in [0, 0.05) is 29.9 Å². The lowest BCUT2D eigenvalue weighted by molar-refractivity contribution is 0.0998. The van der Waals surface area contributed by atoms with Gasteiger partial charge in [-0.2, -0.15) is 0 Å². The second kappa shape index (κ2) is 7.97. The molecule has 0 unspecified atom stereocenters. The molecule has 0 saturated heterocycles. The van der Waals surface area contributed by atoms with Crippen LogP contribution in [0.2, 0.25) is 0 Å². The Balaban J connectivity index is 1.92. The van der Waals surface area contributed by atoms with E-state index in [0.717, 1.165) is 5.56 Å². The maximum atomic E-state index is 12.6. The molecule has 0 aliphatic rings. The molecule has 3 aromatic rings. The van der Waals surface area contributed by atoms with Crippen molar-refractivity contribution in [2.24, 2.45) is 0 Å². The van der Waals surface area contributed by atoms with Crippen LogP contribution in [0, 0.1) is 0 Å². The van der Waals surface area contributed by atoms with E-state index in [0.29, 0.717) is 16.7 Å². The van der Waals surface area contributed by atoms with Gasteiger partial charge in [0.15, 0.2) is 11.6 Å². The van der Waals surface area contributed by atoms with Crippen molar-refractivity contribution in [2.75, 3.05) is 0 Å². The van der Waals surface area contributed by atoms with Crippen molar-refractivity contribution in [2.45, 2.75) is 6.42 Å². The zero-order chi connectivity index (χ0) is 17.5. The van der Waals surface area contributed by atoms with Crippen molar-refractivity contribution in [3.63, 3.8) is 0 Å². The lowest BCUT2D eigenvalue weighted by Crippen LogP contribution is -2.03. The van der Waals surface area contributed by atoms with E-state index in [1.165, 1.54) is 0 Å². The maximum absolute atomic E-state index is 12.6. The summed E-state index contributed by atoms with van der Waals surface area (Å²) in [6.07, 6.45) is 4.88. The average molecular weight is 327 g/mol. The number of aromatic nitrogens is 1. The van der Waals surface area contributed by atoms with Gasteiger partial charge in [0.2, 0.25) is 0 Å². The number of carbonyl (C=O) groups excluding carboxylic acids is 2. The van der Waals surface area contributed by atoms with E-state index in [4.69, 9.17) is 0 Å². The number of pyridine rings is 1. The summed E-state index contributed by atoms with van der Waals surface area (Å²) >= 11 is 0. The van der Waals surface area contributed by atoms with E-state index in [1.807, 2.05) is 48.5 Å². The average Bonchev–Trinajstić information content (AvgIpc) is 2.69. The molecule has 0 bridgehead atoms. The van der Waals surface area contributed by atoms with E-state index < -0.39 is 0 Å². The highest BCUT2D eigenvalue weighted by molar-refractivity contribution is 6.11. The molecule has 0 amide bonds. The van der Waals surface area contributed by atoms with Crippen molar-refractivity contribution in [1.29, 1.82) is 0 Å². The highest BCUT2D eigenvalue weighted by Gasteiger charge is 2.13. The SMILES string of the molecule is O=C(/C=C(\CC(=O)c1cccnc1)c1ccccc1)c1ccccc1. The van der Waals surface area contributed by atoms with Crippen LogP contribution in [0.4, 0.5) is 0 Å². The molecule has 0 spiro atoms. The molecule has 1 aromatic heterocycles. The third kappa shape index (κ3) is 4.36. The summed E-state index contributed by atoms with van der Waals surface area (Å²) in [4.78, 5) is 29.1. The van der Waals surface area contributed by atoms with Gasteiger partial charge in [-0.1, -0.05) is 60.7 Å². The summed E-state index contributed by atoms with van der Waals surface area (Å²) in [6.45, 7) is 0. The first kappa shape index (κ1) is 16.5. The van der Waals surface area contributed by atoms with Crippen LogP contribution in [0.3, 0.4) is 0 Å². The molecule has 25 heavy (non-hydrogen) atoms. The van der Waals surface area contributed by atoms with Crippen molar-refractivity contribution in [3.05, 3.63) is 108 Å². The molecule has 1 heterocycles. The van der Waals surface area contributed by atoms with Gasteiger partial charge in [0.05, 0.1) is 0 Å². The number of ketones is 2. The first-order valence-corrected chi connectivity index (χ1v) is 8.02. The van der Waals surface area contributed by atoms with Crippen molar-refractivity contribution >= 4 is 17.1 Å². The van der Waals surface area contributed by atoms with Crippen LogP contribution in [-0.2, 0) is 0 Å². The third-order valence-corrected chi connectivity index (χ3v) is 3.84. The summed E-state index contributed by atoms with van der Waals surface area (Å²) in [7, 11) is 0. The molecule has 2 aromatic carbocycles. The summed E-state index contributed by atoms with van der Waals surface area (Å²) in [5.41, 5.74) is 2.70. The van der Waals surface area contributed by atoms with Crippen molar-refractivity contribution in [3.8, 4) is 0 Å². The summed E-state index contributed by atoms with van der Waals surface area (Å²) in [6, 6.07) is 22.0. The van der Waals surface area contributed by atoms with Gasteiger partial charge in [0.1, 0.15) is 0 Å². The van der Waals surface area contributed by atoms with Gasteiger partial charge < -0.3 is 0 Å². The lowest BCUT2D eigenvalue weighted by atomic mass is 9.95. The van der Waals surface area contributed by atoms with Crippen LogP contribution in [0.1, 0.15) is 32.7 Å². The predicted octanol–water partition coefficient (Wildman–Crippen LogP) is 4.62. The second-order valence-corrected chi connectivity index (χ2v) is 5.61. The summed E-state index contributed by atoms with van der Waals surface area (Å²) in [5, 5.41) is 0. The smallest absolute Gasteiger partial charge is 0.186 e. The number of hydrogen-bond donors (Lipinski definition) is 0. The largest absolute Gasteiger partial charge is 0.294 e. The van der Waals surface area contributed by atoms with E-state index in [9.17, 15) is 9.59 Å². The first-order chi connectivity index (χ1) is 12.2. The Hall–Kier alpha value is -3.33. The fraction of sp³-hybridized carbons (Fsp3) is 0.0455. The number of allylic oxidation sites excluding steroid dienone is 2. The van der Waals surface area contributed by atoms with Gasteiger partial charge in [-0.3, -0.25) is 14.6 Å². The summed E-state index contributed by atoms with van der Waals surface area (Å²) in [5.74, 6) is -0.178. The minimum atomic E-state index is -0.113. The van der Waals surface area contributed by atoms with E-state index in [-0.39, 0.29) is 18.0 Å². The highest BCUT2D eigenvalue weighted by Crippen LogP contribution is 2.21. The second-order valence-electron chi connectivity index (χ2n) is 5.61. The van der Waals surface area contributed by atoms with Crippen LogP contribution >= 0.6 is 0 Å². The highest BCUT2D eigenvalue weighted by atomic mass is 16.1. The quantitative estimate of drug-likeness (QED) is 0.490. The zero-order valence-corrected chi connectivity index (χ0v) is 13.6. The van der Waals surface area contributed by atoms with Crippen LogP contribution in [0.5, 0.6) is 0 Å². The Morgan fingerprint density at radius 2 is 1.36 bits per heavy atom. The minimum absolute atomic E-state index is 0.0657. The molecule has 0 atom stereocenters. The molecular formula is C22H17NO2. The molecule has 0 aliphatic heterocycles. The molecule has 0 aliphatic carbocycles. The van der Waals surface area contributed by atoms with Gasteiger partial charge in [-0.05, 0) is 29.3 Å². The van der Waals surface area contributed by atoms with Crippen LogP contribution in [-0.4, -0.2) is 16.6 Å². The number of nitrogens with zero attached hydrogens (tertiary/aromatic N) is 1. The van der Waals surface area contributed by atoms with Crippen LogP contribution in [0.25, 0.3) is 5.57 Å². The van der Waals surface area contributed by atoms with Gasteiger partial charge in [-0.15, -0.1) is 0 Å². The van der Waals surface area contributed by atoms with Crippen LogP contribution < -0.4 is 0 Å². The maximum Gasteiger partial charge on any atom is 0.186 e. The summed E-state index contributed by atoms with van der Waals surface area (Å²) < 4.78 is 0. The molecule has 3 nitrogen and oxygen atoms in total.